The number of hydrogen-bond acceptors (Lipinski definition) is 5. The highest BCUT2D eigenvalue weighted by Crippen LogP contribution is 2.56. The van der Waals surface area contributed by atoms with Gasteiger partial charge >= 0.3 is 11.9 Å². The van der Waals surface area contributed by atoms with E-state index < -0.39 is 24.1 Å². The van der Waals surface area contributed by atoms with Gasteiger partial charge in [-0.1, -0.05) is 38.2 Å². The van der Waals surface area contributed by atoms with Crippen LogP contribution in [0.3, 0.4) is 0 Å². The molecule has 0 radical (unpaired) electrons. The number of hydrogen-bond donors (Lipinski definition) is 0. The number of esters is 2. The third-order valence-electron chi connectivity index (χ3n) is 7.36. The fourth-order valence-corrected chi connectivity index (χ4v) is 4.82. The topological polar surface area (TPSA) is 69.7 Å². The molecule has 2 saturated carbocycles. The lowest BCUT2D eigenvalue weighted by atomic mass is 9.51. The van der Waals surface area contributed by atoms with Gasteiger partial charge in [0.1, 0.15) is 18.0 Å². The van der Waals surface area contributed by atoms with E-state index >= 15 is 0 Å². The van der Waals surface area contributed by atoms with Crippen LogP contribution >= 0.6 is 0 Å². The van der Waals surface area contributed by atoms with Gasteiger partial charge in [0.25, 0.3) is 0 Å². The molecular weight excluding hydrogens is 380 g/mol. The molecule has 0 bridgehead atoms. The minimum Gasteiger partial charge on any atom is -0.455 e. The molecule has 2 aliphatic carbocycles. The summed E-state index contributed by atoms with van der Waals surface area (Å²) in [4.78, 5) is 37.9. The molecule has 5 heteroatoms. The van der Waals surface area contributed by atoms with Crippen LogP contribution in [0.2, 0.25) is 0 Å². The van der Waals surface area contributed by atoms with Gasteiger partial charge in [-0.05, 0) is 52.4 Å². The lowest BCUT2D eigenvalue weighted by molar-refractivity contribution is -0.198. The normalized spacial score (nSPS) is 34.8. The predicted molar refractivity (Wildman–Crippen MR) is 117 cm³/mol. The Morgan fingerprint density at radius 2 is 1.50 bits per heavy atom. The molecule has 0 aliphatic heterocycles. The first-order valence-electron chi connectivity index (χ1n) is 10.8. The quantitative estimate of drug-likeness (QED) is 0.360. The Balaban J connectivity index is 2.55. The van der Waals surface area contributed by atoms with E-state index in [4.69, 9.17) is 9.47 Å². The van der Waals surface area contributed by atoms with E-state index in [2.05, 4.69) is 20.4 Å². The van der Waals surface area contributed by atoms with Gasteiger partial charge in [-0.2, -0.15) is 0 Å². The minimum absolute atomic E-state index is 0.142. The van der Waals surface area contributed by atoms with Crippen molar-refractivity contribution in [2.24, 2.45) is 23.2 Å². The van der Waals surface area contributed by atoms with Crippen LogP contribution in [0.15, 0.2) is 35.5 Å². The van der Waals surface area contributed by atoms with Crippen molar-refractivity contribution in [3.05, 3.63) is 35.5 Å². The van der Waals surface area contributed by atoms with Gasteiger partial charge in [-0.25, -0.2) is 9.59 Å². The zero-order chi connectivity index (χ0) is 22.8. The summed E-state index contributed by atoms with van der Waals surface area (Å²) in [6.07, 6.45) is 3.61. The van der Waals surface area contributed by atoms with Crippen LogP contribution in [0.1, 0.15) is 67.7 Å². The summed E-state index contributed by atoms with van der Waals surface area (Å²) in [7, 11) is 0. The van der Waals surface area contributed by atoms with E-state index in [1.807, 2.05) is 6.92 Å². The Kier molecular flexibility index (Phi) is 7.49. The average molecular weight is 417 g/mol. The SMILES string of the molecule is C=C(C)C1CC2(C)C(C)CC(=O)CC2C(OC(=O)C(C)=CC)C1OC(=O)C(C)=CC. The monoisotopic (exact) mass is 416 g/mol. The van der Waals surface area contributed by atoms with Gasteiger partial charge in [0, 0.05) is 35.8 Å². The van der Waals surface area contributed by atoms with Crippen LogP contribution in [0.5, 0.6) is 0 Å². The van der Waals surface area contributed by atoms with Crippen molar-refractivity contribution < 1.29 is 23.9 Å². The Hall–Kier alpha value is -2.17. The molecule has 6 atom stereocenters. The van der Waals surface area contributed by atoms with E-state index in [-0.39, 0.29) is 29.0 Å². The summed E-state index contributed by atoms with van der Waals surface area (Å²) >= 11 is 0. The Labute approximate surface area is 180 Å². The third kappa shape index (κ3) is 4.60. The average Bonchev–Trinajstić information content (AvgIpc) is 2.69. The smallest absolute Gasteiger partial charge is 0.333 e. The van der Waals surface area contributed by atoms with Crippen molar-refractivity contribution >= 4 is 17.7 Å². The highest BCUT2D eigenvalue weighted by molar-refractivity contribution is 5.89. The third-order valence-corrected chi connectivity index (χ3v) is 7.36. The van der Waals surface area contributed by atoms with Gasteiger partial charge in [0.2, 0.25) is 0 Å². The number of fused-ring (bicyclic) bond motifs is 1. The van der Waals surface area contributed by atoms with Gasteiger partial charge in [-0.3, -0.25) is 4.79 Å². The molecule has 0 spiro atoms. The molecule has 166 valence electrons. The number of ketones is 1. The summed E-state index contributed by atoms with van der Waals surface area (Å²) in [5.41, 5.74) is 1.65. The number of carbonyl (C=O) groups excluding carboxylic acids is 3. The van der Waals surface area contributed by atoms with Crippen LogP contribution in [0.4, 0.5) is 0 Å². The number of ether oxygens (including phenoxy) is 2. The first-order chi connectivity index (χ1) is 14.0. The molecule has 30 heavy (non-hydrogen) atoms. The molecular formula is C25H36O5. The maximum absolute atomic E-state index is 12.7. The van der Waals surface area contributed by atoms with Crippen molar-refractivity contribution in [3.8, 4) is 0 Å². The highest BCUT2D eigenvalue weighted by Gasteiger charge is 2.58. The first-order valence-corrected chi connectivity index (χ1v) is 10.8. The van der Waals surface area contributed by atoms with Gasteiger partial charge < -0.3 is 9.47 Å². The maximum Gasteiger partial charge on any atom is 0.333 e. The van der Waals surface area contributed by atoms with Crippen molar-refractivity contribution in [1.29, 1.82) is 0 Å². The van der Waals surface area contributed by atoms with Gasteiger partial charge in [0.05, 0.1) is 0 Å². The van der Waals surface area contributed by atoms with Gasteiger partial charge in [0.15, 0.2) is 0 Å². The van der Waals surface area contributed by atoms with Crippen LogP contribution in [0, 0.1) is 23.2 Å². The molecule has 2 rings (SSSR count). The molecule has 0 amide bonds. The van der Waals surface area contributed by atoms with E-state index in [0.29, 0.717) is 24.0 Å². The van der Waals surface area contributed by atoms with Crippen LogP contribution < -0.4 is 0 Å². The van der Waals surface area contributed by atoms with E-state index in [1.54, 1.807) is 39.8 Å². The Morgan fingerprint density at radius 1 is 1.00 bits per heavy atom. The van der Waals surface area contributed by atoms with Crippen molar-refractivity contribution in [2.45, 2.75) is 79.9 Å². The number of rotatable bonds is 5. The second kappa shape index (κ2) is 9.32. The van der Waals surface area contributed by atoms with Crippen molar-refractivity contribution in [1.82, 2.24) is 0 Å². The van der Waals surface area contributed by atoms with Crippen LogP contribution in [-0.4, -0.2) is 29.9 Å². The Bertz CT molecular complexity index is 789. The molecule has 0 N–H and O–H groups in total. The van der Waals surface area contributed by atoms with Crippen LogP contribution in [0.25, 0.3) is 0 Å². The summed E-state index contributed by atoms with van der Waals surface area (Å²) in [5.74, 6) is -0.931. The molecule has 2 aliphatic rings. The number of Topliss-reactive ketones (excluding diaryl/α,β-unsaturated/α-hetero) is 1. The minimum atomic E-state index is -0.701. The Morgan fingerprint density at radius 3 is 1.97 bits per heavy atom. The molecule has 0 heterocycles. The van der Waals surface area contributed by atoms with Crippen LogP contribution in [-0.2, 0) is 23.9 Å². The highest BCUT2D eigenvalue weighted by atomic mass is 16.6. The van der Waals surface area contributed by atoms with Gasteiger partial charge in [-0.15, -0.1) is 0 Å². The predicted octanol–water partition coefficient (Wildman–Crippen LogP) is 4.96. The summed E-state index contributed by atoms with van der Waals surface area (Å²) in [5, 5.41) is 0. The zero-order valence-corrected chi connectivity index (χ0v) is 19.4. The van der Waals surface area contributed by atoms with E-state index in [1.165, 1.54) is 0 Å². The summed E-state index contributed by atoms with van der Waals surface area (Å²) < 4.78 is 11.9. The molecule has 2 fully saturated rings. The number of carbonyl (C=O) groups is 3. The second-order valence-electron chi connectivity index (χ2n) is 9.30. The molecule has 0 saturated heterocycles. The molecule has 6 unspecified atom stereocenters. The van der Waals surface area contributed by atoms with E-state index in [0.717, 1.165) is 12.0 Å². The second-order valence-corrected chi connectivity index (χ2v) is 9.30. The number of allylic oxidation sites excluding steroid dienone is 2. The lowest BCUT2D eigenvalue weighted by Gasteiger charge is -2.56. The fraction of sp³-hybridized carbons (Fsp3) is 0.640. The maximum atomic E-state index is 12.7. The summed E-state index contributed by atoms with van der Waals surface area (Å²) in [6, 6.07) is 0. The van der Waals surface area contributed by atoms with E-state index in [9.17, 15) is 14.4 Å². The zero-order valence-electron chi connectivity index (χ0n) is 19.4. The largest absolute Gasteiger partial charge is 0.455 e. The molecule has 5 nitrogen and oxygen atoms in total. The molecule has 0 aromatic heterocycles. The van der Waals surface area contributed by atoms with Crippen molar-refractivity contribution in [2.75, 3.05) is 0 Å². The van der Waals surface area contributed by atoms with Crippen molar-refractivity contribution in [3.63, 3.8) is 0 Å². The molecule has 0 aromatic carbocycles. The first kappa shape index (κ1) is 24.1. The fourth-order valence-electron chi connectivity index (χ4n) is 4.82. The molecule has 0 aromatic rings. The lowest BCUT2D eigenvalue weighted by Crippen LogP contribution is -2.59. The standard InChI is InChI=1S/C25H36O5/c1-9-15(5)23(27)29-21-19(14(3)4)13-25(8)17(7)11-18(26)12-20(25)22(21)30-24(28)16(6)10-2/h9-10,17,19-22H,3,11-13H2,1-2,4-8H3. The summed E-state index contributed by atoms with van der Waals surface area (Å²) in [6.45, 7) is 17.3.